The topological polar surface area (TPSA) is 93.5 Å². The number of hydrogen-bond acceptors (Lipinski definition) is 4. The fourth-order valence-corrected chi connectivity index (χ4v) is 2.42. The number of methoxy groups -OCH3 is 1. The van der Waals surface area contributed by atoms with Gasteiger partial charge in [-0.3, -0.25) is 9.59 Å². The Hall–Kier alpha value is -1.14. The molecule has 3 atom stereocenters. The van der Waals surface area contributed by atoms with Gasteiger partial charge in [0.25, 0.3) is 0 Å². The van der Waals surface area contributed by atoms with Crippen LogP contribution in [0.3, 0.4) is 0 Å². The molecule has 1 fully saturated rings. The predicted octanol–water partition coefficient (Wildman–Crippen LogP) is -0.371. The van der Waals surface area contributed by atoms with Gasteiger partial charge in [0.1, 0.15) is 0 Å². The van der Waals surface area contributed by atoms with Gasteiger partial charge in [0, 0.05) is 25.6 Å². The molecule has 0 spiro atoms. The number of amides is 2. The van der Waals surface area contributed by atoms with Crippen molar-refractivity contribution in [3.8, 4) is 0 Å². The standard InChI is InChI=1S/C13H25N3O3/c1-9-10(4-3-5-11(9)14)13(18)16-8-12(17)15-6-7-19-2/h9-11H,3-8,14H2,1-2H3,(H,15,17)(H,16,18). The molecule has 4 N–H and O–H groups in total. The van der Waals surface area contributed by atoms with Crippen LogP contribution in [0.5, 0.6) is 0 Å². The summed E-state index contributed by atoms with van der Waals surface area (Å²) in [7, 11) is 1.57. The van der Waals surface area contributed by atoms with Gasteiger partial charge in [-0.15, -0.1) is 0 Å². The zero-order chi connectivity index (χ0) is 14.3. The van der Waals surface area contributed by atoms with Crippen molar-refractivity contribution in [1.29, 1.82) is 0 Å². The number of carbonyl (C=O) groups is 2. The Labute approximate surface area is 114 Å². The van der Waals surface area contributed by atoms with Gasteiger partial charge in [-0.05, 0) is 18.8 Å². The summed E-state index contributed by atoms with van der Waals surface area (Å²) >= 11 is 0. The minimum Gasteiger partial charge on any atom is -0.383 e. The number of nitrogens with one attached hydrogen (secondary N) is 2. The second-order valence-electron chi connectivity index (χ2n) is 5.12. The van der Waals surface area contributed by atoms with E-state index in [0.29, 0.717) is 13.2 Å². The Morgan fingerprint density at radius 1 is 1.32 bits per heavy atom. The van der Waals surface area contributed by atoms with E-state index in [-0.39, 0.29) is 36.2 Å². The predicted molar refractivity (Wildman–Crippen MR) is 72.4 cm³/mol. The molecule has 0 heterocycles. The van der Waals surface area contributed by atoms with E-state index < -0.39 is 0 Å². The summed E-state index contributed by atoms with van der Waals surface area (Å²) in [5.41, 5.74) is 5.97. The molecule has 0 aromatic rings. The zero-order valence-electron chi connectivity index (χ0n) is 11.8. The van der Waals surface area contributed by atoms with Gasteiger partial charge in [0.15, 0.2) is 0 Å². The van der Waals surface area contributed by atoms with E-state index in [0.717, 1.165) is 19.3 Å². The maximum absolute atomic E-state index is 12.0. The normalized spacial score (nSPS) is 26.8. The Bertz CT molecular complexity index is 310. The molecule has 6 nitrogen and oxygen atoms in total. The quantitative estimate of drug-likeness (QED) is 0.575. The van der Waals surface area contributed by atoms with Crippen LogP contribution in [0.1, 0.15) is 26.2 Å². The first-order valence-electron chi connectivity index (χ1n) is 6.85. The fraction of sp³-hybridized carbons (Fsp3) is 0.846. The Morgan fingerprint density at radius 3 is 2.74 bits per heavy atom. The van der Waals surface area contributed by atoms with Gasteiger partial charge < -0.3 is 21.1 Å². The van der Waals surface area contributed by atoms with E-state index in [9.17, 15) is 9.59 Å². The van der Waals surface area contributed by atoms with Crippen LogP contribution in [-0.2, 0) is 14.3 Å². The molecule has 0 aliphatic heterocycles. The van der Waals surface area contributed by atoms with Crippen LogP contribution < -0.4 is 16.4 Å². The summed E-state index contributed by atoms with van der Waals surface area (Å²) in [5.74, 6) is -0.163. The molecule has 1 aliphatic rings. The largest absolute Gasteiger partial charge is 0.383 e. The summed E-state index contributed by atoms with van der Waals surface area (Å²) in [6.07, 6.45) is 2.80. The number of carbonyl (C=O) groups excluding carboxylic acids is 2. The van der Waals surface area contributed by atoms with E-state index in [2.05, 4.69) is 10.6 Å². The van der Waals surface area contributed by atoms with Gasteiger partial charge in [0.2, 0.25) is 11.8 Å². The molecule has 0 bridgehead atoms. The average Bonchev–Trinajstić information content (AvgIpc) is 2.39. The van der Waals surface area contributed by atoms with Crippen molar-refractivity contribution < 1.29 is 14.3 Å². The molecule has 19 heavy (non-hydrogen) atoms. The lowest BCUT2D eigenvalue weighted by Gasteiger charge is -2.32. The lowest BCUT2D eigenvalue weighted by molar-refractivity contribution is -0.130. The van der Waals surface area contributed by atoms with Crippen molar-refractivity contribution in [1.82, 2.24) is 10.6 Å². The molecule has 0 saturated heterocycles. The van der Waals surface area contributed by atoms with Crippen LogP contribution >= 0.6 is 0 Å². The third-order valence-electron chi connectivity index (χ3n) is 3.75. The Morgan fingerprint density at radius 2 is 2.05 bits per heavy atom. The molecular weight excluding hydrogens is 246 g/mol. The first-order chi connectivity index (χ1) is 9.06. The van der Waals surface area contributed by atoms with Crippen LogP contribution in [0.2, 0.25) is 0 Å². The Kier molecular flexibility index (Phi) is 6.80. The molecule has 1 rings (SSSR count). The van der Waals surface area contributed by atoms with Crippen molar-refractivity contribution in [2.75, 3.05) is 26.8 Å². The highest BCUT2D eigenvalue weighted by molar-refractivity contribution is 5.86. The van der Waals surface area contributed by atoms with Crippen molar-refractivity contribution >= 4 is 11.8 Å². The lowest BCUT2D eigenvalue weighted by atomic mass is 9.77. The summed E-state index contributed by atoms with van der Waals surface area (Å²) in [6.45, 7) is 2.94. The molecule has 3 unspecified atom stereocenters. The minimum absolute atomic E-state index is 0.0149. The van der Waals surface area contributed by atoms with Gasteiger partial charge in [-0.25, -0.2) is 0 Å². The molecule has 110 valence electrons. The number of rotatable bonds is 6. The molecule has 6 heteroatoms. The second-order valence-corrected chi connectivity index (χ2v) is 5.12. The van der Waals surface area contributed by atoms with Crippen molar-refractivity contribution in [3.63, 3.8) is 0 Å². The first-order valence-corrected chi connectivity index (χ1v) is 6.85. The molecular formula is C13H25N3O3. The Balaban J connectivity index is 2.28. The van der Waals surface area contributed by atoms with Gasteiger partial charge >= 0.3 is 0 Å². The molecule has 0 aromatic heterocycles. The van der Waals surface area contributed by atoms with Crippen LogP contribution in [0, 0.1) is 11.8 Å². The van der Waals surface area contributed by atoms with Gasteiger partial charge in [0.05, 0.1) is 13.2 Å². The maximum atomic E-state index is 12.0. The SMILES string of the molecule is COCCNC(=O)CNC(=O)C1CCCC(N)C1C. The van der Waals surface area contributed by atoms with E-state index in [1.165, 1.54) is 0 Å². The highest BCUT2D eigenvalue weighted by Crippen LogP contribution is 2.28. The summed E-state index contributed by atoms with van der Waals surface area (Å²) in [6, 6.07) is 0.0834. The smallest absolute Gasteiger partial charge is 0.239 e. The molecule has 1 aliphatic carbocycles. The zero-order valence-corrected chi connectivity index (χ0v) is 11.8. The van der Waals surface area contributed by atoms with Crippen LogP contribution in [0.4, 0.5) is 0 Å². The van der Waals surface area contributed by atoms with Crippen LogP contribution in [-0.4, -0.2) is 44.7 Å². The monoisotopic (exact) mass is 271 g/mol. The molecule has 0 radical (unpaired) electrons. The first kappa shape index (κ1) is 15.9. The van der Waals surface area contributed by atoms with Crippen molar-refractivity contribution in [2.24, 2.45) is 17.6 Å². The number of hydrogen-bond donors (Lipinski definition) is 3. The molecule has 1 saturated carbocycles. The van der Waals surface area contributed by atoms with Crippen molar-refractivity contribution in [2.45, 2.75) is 32.2 Å². The second kappa shape index (κ2) is 8.12. The maximum Gasteiger partial charge on any atom is 0.239 e. The molecule has 0 aromatic carbocycles. The van der Waals surface area contributed by atoms with E-state index in [4.69, 9.17) is 10.5 Å². The minimum atomic E-state index is -0.196. The highest BCUT2D eigenvalue weighted by Gasteiger charge is 2.32. The molecule has 2 amide bonds. The van der Waals surface area contributed by atoms with E-state index >= 15 is 0 Å². The lowest BCUT2D eigenvalue weighted by Crippen LogP contribution is -2.46. The van der Waals surface area contributed by atoms with Gasteiger partial charge in [-0.2, -0.15) is 0 Å². The third-order valence-corrected chi connectivity index (χ3v) is 3.75. The van der Waals surface area contributed by atoms with Crippen LogP contribution in [0.15, 0.2) is 0 Å². The highest BCUT2D eigenvalue weighted by atomic mass is 16.5. The number of ether oxygens (including phenoxy) is 1. The van der Waals surface area contributed by atoms with E-state index in [1.54, 1.807) is 7.11 Å². The van der Waals surface area contributed by atoms with Crippen molar-refractivity contribution in [3.05, 3.63) is 0 Å². The summed E-state index contributed by atoms with van der Waals surface area (Å²) in [5, 5.41) is 5.34. The van der Waals surface area contributed by atoms with Crippen LogP contribution in [0.25, 0.3) is 0 Å². The summed E-state index contributed by atoms with van der Waals surface area (Å²) < 4.78 is 4.82. The fourth-order valence-electron chi connectivity index (χ4n) is 2.42. The summed E-state index contributed by atoms with van der Waals surface area (Å²) in [4.78, 5) is 23.5. The number of nitrogens with two attached hydrogens (primary N) is 1. The van der Waals surface area contributed by atoms with E-state index in [1.807, 2.05) is 6.92 Å². The third kappa shape index (κ3) is 5.16. The average molecular weight is 271 g/mol. The van der Waals surface area contributed by atoms with Gasteiger partial charge in [-0.1, -0.05) is 13.3 Å².